The SMILES string of the molecule is O=C(O)CC(O)(CC(=O)O[C@]1(O)[C@H](O)[C@H](O)[C@@H](O)[C@H](O)[C@H]1O)C(=O)O.[MgH2].[MgH2].[MgH2]. The molecule has 1 unspecified atom stereocenters. The van der Waals surface area contributed by atoms with Crippen molar-refractivity contribution in [2.75, 3.05) is 0 Å². The number of aliphatic hydroxyl groups excluding tert-OH is 5. The Bertz CT molecular complexity index is 545. The van der Waals surface area contributed by atoms with Gasteiger partial charge >= 0.3 is 87.1 Å². The van der Waals surface area contributed by atoms with Gasteiger partial charge in [0.25, 0.3) is 5.79 Å². The number of aliphatic carboxylic acids is 2. The van der Waals surface area contributed by atoms with Gasteiger partial charge in [-0.2, -0.15) is 0 Å². The smallest absolute Gasteiger partial charge is 0.336 e. The zero-order valence-electron chi connectivity index (χ0n) is 12.5. The van der Waals surface area contributed by atoms with Gasteiger partial charge in [0.2, 0.25) is 0 Å². The summed E-state index contributed by atoms with van der Waals surface area (Å²) in [5, 5.41) is 84.8. The first kappa shape index (κ1) is 33.1. The van der Waals surface area contributed by atoms with Crippen LogP contribution in [-0.4, -0.2) is 175 Å². The zero-order chi connectivity index (χ0) is 19.7. The summed E-state index contributed by atoms with van der Waals surface area (Å²) >= 11 is 0. The van der Waals surface area contributed by atoms with E-state index < -0.39 is 72.7 Å². The first-order chi connectivity index (χ1) is 11.3. The average molecular weight is 449 g/mol. The number of carboxylic acids is 2. The molecule has 13 nitrogen and oxygen atoms in total. The maximum atomic E-state index is 11.8. The lowest BCUT2D eigenvalue weighted by Gasteiger charge is -2.46. The second-order valence-corrected chi connectivity index (χ2v) is 5.67. The summed E-state index contributed by atoms with van der Waals surface area (Å²) in [4.78, 5) is 33.3. The molecule has 1 saturated carbocycles. The number of aliphatic hydroxyl groups is 7. The normalized spacial score (nSPS) is 33.8. The molecule has 1 aliphatic carbocycles. The Hall–Kier alpha value is 0.429. The van der Waals surface area contributed by atoms with Gasteiger partial charge < -0.3 is 50.7 Å². The Morgan fingerprint density at radius 1 is 0.821 bits per heavy atom. The van der Waals surface area contributed by atoms with Gasteiger partial charge in [-0.05, 0) is 0 Å². The summed E-state index contributed by atoms with van der Waals surface area (Å²) in [5.74, 6) is -9.01. The number of ether oxygens (including phenoxy) is 1. The third-order valence-corrected chi connectivity index (χ3v) is 3.75. The van der Waals surface area contributed by atoms with Crippen LogP contribution >= 0.6 is 0 Å². The molecule has 0 heterocycles. The van der Waals surface area contributed by atoms with Crippen LogP contribution in [0.25, 0.3) is 0 Å². The van der Waals surface area contributed by atoms with E-state index in [9.17, 15) is 50.1 Å². The van der Waals surface area contributed by atoms with E-state index in [4.69, 9.17) is 10.2 Å². The molecule has 0 aromatic carbocycles. The molecule has 0 aromatic rings. The van der Waals surface area contributed by atoms with Gasteiger partial charge in [-0.25, -0.2) is 4.79 Å². The van der Waals surface area contributed by atoms with E-state index in [-0.39, 0.29) is 69.2 Å². The largest absolute Gasteiger partial charge is 0.481 e. The van der Waals surface area contributed by atoms with Gasteiger partial charge in [0, 0.05) is 0 Å². The van der Waals surface area contributed by atoms with E-state index in [1.54, 1.807) is 0 Å². The molecule has 0 aliphatic heterocycles. The van der Waals surface area contributed by atoms with E-state index in [0.29, 0.717) is 0 Å². The lowest BCUT2D eigenvalue weighted by Crippen LogP contribution is -2.72. The fraction of sp³-hybridized carbons (Fsp3) is 0.750. The summed E-state index contributed by atoms with van der Waals surface area (Å²) in [6.45, 7) is 0. The lowest BCUT2D eigenvalue weighted by molar-refractivity contribution is -0.348. The molecule has 0 saturated heterocycles. The molecule has 156 valence electrons. The number of rotatable bonds is 6. The molecule has 0 amide bonds. The molecule has 0 spiro atoms. The summed E-state index contributed by atoms with van der Waals surface area (Å²) in [7, 11) is 0. The molecule has 0 aromatic heterocycles. The number of carbonyl (C=O) groups is 3. The second-order valence-electron chi connectivity index (χ2n) is 5.67. The fourth-order valence-electron chi connectivity index (χ4n) is 2.28. The van der Waals surface area contributed by atoms with Crippen molar-refractivity contribution in [1.29, 1.82) is 0 Å². The van der Waals surface area contributed by atoms with Crippen LogP contribution in [0.3, 0.4) is 0 Å². The van der Waals surface area contributed by atoms with Gasteiger partial charge in [0.05, 0.1) is 12.8 Å². The van der Waals surface area contributed by atoms with Crippen LogP contribution in [0.4, 0.5) is 0 Å². The van der Waals surface area contributed by atoms with Gasteiger partial charge in [-0.1, -0.05) is 0 Å². The predicted molar refractivity (Wildman–Crippen MR) is 96.2 cm³/mol. The summed E-state index contributed by atoms with van der Waals surface area (Å²) in [5.41, 5.74) is -3.12. The molecule has 1 aliphatic rings. The van der Waals surface area contributed by atoms with E-state index in [0.717, 1.165) is 0 Å². The minimum absolute atomic E-state index is 0. The molecule has 16 heteroatoms. The predicted octanol–water partition coefficient (Wildman–Crippen LogP) is -8.03. The van der Waals surface area contributed by atoms with Crippen LogP contribution in [0.15, 0.2) is 0 Å². The van der Waals surface area contributed by atoms with Gasteiger partial charge in [-0.3, -0.25) is 9.59 Å². The molecule has 28 heavy (non-hydrogen) atoms. The van der Waals surface area contributed by atoms with Crippen molar-refractivity contribution < 1.29 is 65.1 Å². The Kier molecular flexibility index (Phi) is 14.6. The Morgan fingerprint density at radius 2 is 1.21 bits per heavy atom. The first-order valence-electron chi connectivity index (χ1n) is 6.78. The molecule has 1 fully saturated rings. The molecule has 1 rings (SSSR count). The molecule has 0 radical (unpaired) electrons. The van der Waals surface area contributed by atoms with Crippen molar-refractivity contribution in [3.05, 3.63) is 0 Å². The Balaban J connectivity index is -0.00000208. The second kappa shape index (κ2) is 12.3. The summed E-state index contributed by atoms with van der Waals surface area (Å²) < 4.78 is 4.29. The Labute approximate surface area is 205 Å². The highest BCUT2D eigenvalue weighted by Gasteiger charge is 2.61. The highest BCUT2D eigenvalue weighted by molar-refractivity contribution is 5.88. The van der Waals surface area contributed by atoms with Crippen molar-refractivity contribution in [3.63, 3.8) is 0 Å². The molecule has 9 N–H and O–H groups in total. The van der Waals surface area contributed by atoms with E-state index in [2.05, 4.69) is 4.74 Å². The maximum absolute atomic E-state index is 11.8. The van der Waals surface area contributed by atoms with E-state index >= 15 is 0 Å². The zero-order valence-corrected chi connectivity index (χ0v) is 12.5. The quantitative estimate of drug-likeness (QED) is 0.104. The summed E-state index contributed by atoms with van der Waals surface area (Å²) in [6.07, 6.45) is -14.6. The van der Waals surface area contributed by atoms with Gasteiger partial charge in [-0.15, -0.1) is 0 Å². The van der Waals surface area contributed by atoms with Crippen LogP contribution in [0.5, 0.6) is 0 Å². The van der Waals surface area contributed by atoms with E-state index in [1.165, 1.54) is 0 Å². The van der Waals surface area contributed by atoms with Crippen LogP contribution in [0, 0.1) is 0 Å². The topological polar surface area (TPSA) is 243 Å². The van der Waals surface area contributed by atoms with Gasteiger partial charge in [0.15, 0.2) is 17.8 Å². The van der Waals surface area contributed by atoms with Crippen LogP contribution < -0.4 is 0 Å². The number of hydrogen-bond acceptors (Lipinski definition) is 11. The number of esters is 1. The lowest BCUT2D eigenvalue weighted by atomic mass is 9.82. The van der Waals surface area contributed by atoms with Crippen LogP contribution in [0.2, 0.25) is 0 Å². The maximum Gasteiger partial charge on any atom is 0.336 e. The minimum atomic E-state index is -3.36. The number of hydrogen-bond donors (Lipinski definition) is 9. The molecule has 7 atom stereocenters. The van der Waals surface area contributed by atoms with Crippen molar-refractivity contribution in [1.82, 2.24) is 0 Å². The minimum Gasteiger partial charge on any atom is -0.481 e. The fourth-order valence-corrected chi connectivity index (χ4v) is 2.28. The Morgan fingerprint density at radius 3 is 1.54 bits per heavy atom. The average Bonchev–Trinajstić information content (AvgIpc) is 2.48. The van der Waals surface area contributed by atoms with Crippen molar-refractivity contribution in [2.24, 2.45) is 0 Å². The van der Waals surface area contributed by atoms with Crippen LogP contribution in [-0.2, 0) is 19.1 Å². The standard InChI is InChI=1S/C12H18O13.3Mg.6H/c13-3(14)1-11(23,10(21)22)2-4(15)25-12(24)8(19)6(17)5(16)7(18)9(12)20;;;;;;;;;/h5-9,16-20,23-24H,1-2H2,(H,13,14)(H,21,22);;;;;;;;;/t5-,6-,7+,8-,9-,11?,12-;;;;;;;;;/m1........./s1. The highest BCUT2D eigenvalue weighted by Crippen LogP contribution is 2.32. The van der Waals surface area contributed by atoms with E-state index in [1.807, 2.05) is 0 Å². The molecule has 0 bridgehead atoms. The number of carbonyl (C=O) groups excluding carboxylic acids is 1. The highest BCUT2D eigenvalue weighted by atomic mass is 24.3. The summed E-state index contributed by atoms with van der Waals surface area (Å²) in [6, 6.07) is 0. The van der Waals surface area contributed by atoms with Gasteiger partial charge in [0.1, 0.15) is 18.3 Å². The van der Waals surface area contributed by atoms with Crippen molar-refractivity contribution in [3.8, 4) is 0 Å². The van der Waals surface area contributed by atoms with Crippen LogP contribution in [0.1, 0.15) is 12.8 Å². The number of carboxylic acid groups (broad SMARTS) is 2. The van der Waals surface area contributed by atoms with Crippen molar-refractivity contribution in [2.45, 2.75) is 54.7 Å². The molecular weight excluding hydrogens is 425 g/mol. The van der Waals surface area contributed by atoms with Crippen molar-refractivity contribution >= 4 is 87.1 Å². The monoisotopic (exact) mass is 448 g/mol. The third-order valence-electron chi connectivity index (χ3n) is 3.75. The first-order valence-corrected chi connectivity index (χ1v) is 6.78. The third kappa shape index (κ3) is 6.99. The molecular formula is C12H24Mg3O13.